The van der Waals surface area contributed by atoms with Crippen molar-refractivity contribution in [3.05, 3.63) is 35.9 Å². The zero-order valence-electron chi connectivity index (χ0n) is 28.2. The van der Waals surface area contributed by atoms with Gasteiger partial charge in [0.1, 0.15) is 0 Å². The van der Waals surface area contributed by atoms with Gasteiger partial charge in [0.15, 0.2) is 0 Å². The fourth-order valence-corrected chi connectivity index (χ4v) is 6.94. The largest absolute Gasteiger partial charge is 0.321 e. The van der Waals surface area contributed by atoms with Gasteiger partial charge in [-0.05, 0) is 56.9 Å². The third-order valence-electron chi connectivity index (χ3n) is 9.60. The van der Waals surface area contributed by atoms with Crippen LogP contribution in [0.15, 0.2) is 30.3 Å². The Hall–Kier alpha value is -0.820. The molecule has 0 aromatic heterocycles. The molecular weight excluding hydrogens is 482 g/mol. The first-order valence-corrected chi connectivity index (χ1v) is 18.6. The zero-order valence-corrected chi connectivity index (χ0v) is 28.2. The third-order valence-corrected chi connectivity index (χ3v) is 9.60. The van der Waals surface area contributed by atoms with Crippen LogP contribution in [0.2, 0.25) is 0 Å². The van der Waals surface area contributed by atoms with E-state index in [4.69, 9.17) is 0 Å². The van der Waals surface area contributed by atoms with E-state index in [2.05, 4.69) is 58.0 Å². The Morgan fingerprint density at radius 3 is 1.20 bits per heavy atom. The highest BCUT2D eigenvalue weighted by molar-refractivity contribution is 5.15. The molecular formula is C39H74N+. The Labute approximate surface area is 253 Å². The van der Waals surface area contributed by atoms with E-state index in [-0.39, 0.29) is 0 Å². The molecule has 1 aromatic rings. The number of rotatable bonds is 30. The zero-order chi connectivity index (χ0) is 29.0. The van der Waals surface area contributed by atoms with Gasteiger partial charge in [-0.3, -0.25) is 0 Å². The average molecular weight is 557 g/mol. The quantitative estimate of drug-likeness (QED) is 0.0653. The summed E-state index contributed by atoms with van der Waals surface area (Å²) in [6.45, 7) is 13.7. The van der Waals surface area contributed by atoms with Gasteiger partial charge < -0.3 is 4.48 Å². The van der Waals surface area contributed by atoms with Crippen molar-refractivity contribution in [2.75, 3.05) is 19.6 Å². The first kappa shape index (κ1) is 37.2. The van der Waals surface area contributed by atoms with Gasteiger partial charge in [-0.25, -0.2) is 0 Å². The van der Waals surface area contributed by atoms with E-state index >= 15 is 0 Å². The van der Waals surface area contributed by atoms with E-state index in [0.29, 0.717) is 0 Å². The fourth-order valence-electron chi connectivity index (χ4n) is 6.94. The van der Waals surface area contributed by atoms with Gasteiger partial charge in [0.2, 0.25) is 0 Å². The number of hydrogen-bond donors (Lipinski definition) is 0. The SMILES string of the molecule is CCCCCCCCCCCCCC[N+](CCCCCC)(CCCCCC)C(CCCCC)Cc1ccccc1. The second-order valence-electron chi connectivity index (χ2n) is 13.2. The van der Waals surface area contributed by atoms with Gasteiger partial charge in [0, 0.05) is 6.42 Å². The van der Waals surface area contributed by atoms with Crippen LogP contribution >= 0.6 is 0 Å². The molecule has 0 amide bonds. The van der Waals surface area contributed by atoms with Gasteiger partial charge in [-0.1, -0.05) is 161 Å². The third kappa shape index (κ3) is 18.6. The maximum absolute atomic E-state index is 2.40. The summed E-state index contributed by atoms with van der Waals surface area (Å²) in [7, 11) is 0. The maximum atomic E-state index is 2.40. The van der Waals surface area contributed by atoms with Crippen LogP contribution in [0.5, 0.6) is 0 Å². The highest BCUT2D eigenvalue weighted by atomic mass is 15.4. The van der Waals surface area contributed by atoms with Crippen molar-refractivity contribution in [1.29, 1.82) is 0 Å². The minimum atomic E-state index is 0.796. The molecule has 1 heteroatoms. The first-order valence-electron chi connectivity index (χ1n) is 18.6. The van der Waals surface area contributed by atoms with Gasteiger partial charge >= 0.3 is 0 Å². The van der Waals surface area contributed by atoms with Gasteiger partial charge in [0.25, 0.3) is 0 Å². The lowest BCUT2D eigenvalue weighted by Crippen LogP contribution is -2.58. The van der Waals surface area contributed by atoms with Crippen molar-refractivity contribution < 1.29 is 4.48 Å². The highest BCUT2D eigenvalue weighted by Gasteiger charge is 2.35. The molecule has 1 rings (SSSR count). The van der Waals surface area contributed by atoms with E-state index in [0.717, 1.165) is 6.04 Å². The molecule has 1 aromatic carbocycles. The second-order valence-corrected chi connectivity index (χ2v) is 13.2. The van der Waals surface area contributed by atoms with Crippen molar-refractivity contribution >= 4 is 0 Å². The number of unbranched alkanes of at least 4 members (excludes halogenated alkanes) is 19. The van der Waals surface area contributed by atoms with Crippen molar-refractivity contribution in [1.82, 2.24) is 0 Å². The normalized spacial score (nSPS) is 12.7. The van der Waals surface area contributed by atoms with Gasteiger partial charge in [-0.2, -0.15) is 0 Å². The lowest BCUT2D eigenvalue weighted by Gasteiger charge is -2.46. The molecule has 0 bridgehead atoms. The second kappa shape index (κ2) is 27.0. The topological polar surface area (TPSA) is 0 Å². The summed E-state index contributed by atoms with van der Waals surface area (Å²) >= 11 is 0. The summed E-state index contributed by atoms with van der Waals surface area (Å²) in [5.41, 5.74) is 1.57. The summed E-state index contributed by atoms with van der Waals surface area (Å²) < 4.78 is 1.42. The number of benzene rings is 1. The molecule has 0 spiro atoms. The highest BCUT2D eigenvalue weighted by Crippen LogP contribution is 2.28. The maximum Gasteiger partial charge on any atom is 0.0931 e. The van der Waals surface area contributed by atoms with E-state index in [1.54, 1.807) is 5.56 Å². The van der Waals surface area contributed by atoms with Crippen LogP contribution in [0.3, 0.4) is 0 Å². The molecule has 1 nitrogen and oxygen atoms in total. The van der Waals surface area contributed by atoms with E-state index < -0.39 is 0 Å². The number of quaternary nitrogens is 1. The minimum absolute atomic E-state index is 0.796. The van der Waals surface area contributed by atoms with Crippen LogP contribution in [0.4, 0.5) is 0 Å². The van der Waals surface area contributed by atoms with Crippen molar-refractivity contribution in [3.63, 3.8) is 0 Å². The molecule has 0 aliphatic heterocycles. The molecule has 0 aliphatic carbocycles. The first-order chi connectivity index (χ1) is 19.7. The van der Waals surface area contributed by atoms with E-state index in [1.807, 2.05) is 0 Å². The lowest BCUT2D eigenvalue weighted by atomic mass is 9.94. The van der Waals surface area contributed by atoms with Crippen molar-refractivity contribution in [3.8, 4) is 0 Å². The summed E-state index contributed by atoms with van der Waals surface area (Å²) in [6.07, 6.45) is 35.5. The van der Waals surface area contributed by atoms with Gasteiger partial charge in [0.05, 0.1) is 25.7 Å². The summed E-state index contributed by atoms with van der Waals surface area (Å²) in [5.74, 6) is 0. The fraction of sp³-hybridized carbons (Fsp3) is 0.846. The van der Waals surface area contributed by atoms with E-state index in [9.17, 15) is 0 Å². The average Bonchev–Trinajstić information content (AvgIpc) is 2.98. The Morgan fingerprint density at radius 1 is 0.425 bits per heavy atom. The molecule has 0 fully saturated rings. The molecule has 0 N–H and O–H groups in total. The predicted molar refractivity (Wildman–Crippen MR) is 182 cm³/mol. The monoisotopic (exact) mass is 557 g/mol. The van der Waals surface area contributed by atoms with Crippen LogP contribution in [-0.2, 0) is 6.42 Å². The Kier molecular flexibility index (Phi) is 25.2. The van der Waals surface area contributed by atoms with Crippen LogP contribution in [-0.4, -0.2) is 30.2 Å². The molecule has 0 radical (unpaired) electrons. The smallest absolute Gasteiger partial charge is 0.0931 e. The molecule has 40 heavy (non-hydrogen) atoms. The van der Waals surface area contributed by atoms with Gasteiger partial charge in [-0.15, -0.1) is 0 Å². The van der Waals surface area contributed by atoms with E-state index in [1.165, 1.54) is 185 Å². The molecule has 0 aliphatic rings. The van der Waals surface area contributed by atoms with Crippen LogP contribution in [0.1, 0.15) is 187 Å². The Bertz CT molecular complexity index is 611. The lowest BCUT2D eigenvalue weighted by molar-refractivity contribution is -0.952. The molecule has 0 saturated carbocycles. The molecule has 1 unspecified atom stereocenters. The molecule has 0 saturated heterocycles. The molecule has 1 atom stereocenters. The molecule has 0 heterocycles. The van der Waals surface area contributed by atoms with Crippen LogP contribution < -0.4 is 0 Å². The Morgan fingerprint density at radius 2 is 0.775 bits per heavy atom. The molecule has 234 valence electrons. The predicted octanol–water partition coefficient (Wildman–Crippen LogP) is 12.9. The van der Waals surface area contributed by atoms with Crippen LogP contribution in [0.25, 0.3) is 0 Å². The Balaban J connectivity index is 2.82. The summed E-state index contributed by atoms with van der Waals surface area (Å²) in [4.78, 5) is 0. The standard InChI is InChI=1S/C39H74N/c1-5-9-13-16-17-18-19-20-21-22-23-30-36-40(34-28-14-10-6-2,35-29-15-11-7-3)39(33-25-12-8-4)37-38-31-26-24-27-32-38/h24,26-27,31-32,39H,5-23,25,28-30,33-37H2,1-4H3/q+1. The summed E-state index contributed by atoms with van der Waals surface area (Å²) in [5, 5.41) is 0. The number of hydrogen-bond acceptors (Lipinski definition) is 0. The van der Waals surface area contributed by atoms with Crippen LogP contribution in [0, 0.1) is 0 Å². The number of nitrogens with zero attached hydrogens (tertiary/aromatic N) is 1. The van der Waals surface area contributed by atoms with Crippen molar-refractivity contribution in [2.24, 2.45) is 0 Å². The van der Waals surface area contributed by atoms with Crippen molar-refractivity contribution in [2.45, 2.75) is 194 Å². The minimum Gasteiger partial charge on any atom is -0.321 e. The summed E-state index contributed by atoms with van der Waals surface area (Å²) in [6, 6.07) is 12.3.